The Balaban J connectivity index is 2.55. The molecule has 0 aliphatic heterocycles. The number of nitrogens with zero attached hydrogens (tertiary/aromatic N) is 3. The van der Waals surface area contributed by atoms with Crippen molar-refractivity contribution in [2.45, 2.75) is 13.0 Å². The van der Waals surface area contributed by atoms with E-state index in [2.05, 4.69) is 5.32 Å². The van der Waals surface area contributed by atoms with Crippen molar-refractivity contribution in [3.8, 4) is 6.07 Å². The molecule has 0 spiro atoms. The highest BCUT2D eigenvalue weighted by molar-refractivity contribution is 7.10. The molecule has 0 saturated heterocycles. The van der Waals surface area contributed by atoms with Crippen LogP contribution in [0.15, 0.2) is 27.1 Å². The van der Waals surface area contributed by atoms with Crippen LogP contribution in [0.2, 0.25) is 0 Å². The average molecular weight is 290 g/mol. The summed E-state index contributed by atoms with van der Waals surface area (Å²) in [5.74, 6) is 0.251. The smallest absolute Gasteiger partial charge is 0.332 e. The van der Waals surface area contributed by atoms with E-state index >= 15 is 0 Å². The van der Waals surface area contributed by atoms with Crippen LogP contribution in [0, 0.1) is 11.3 Å². The Hall–Kier alpha value is -2.33. The first-order chi connectivity index (χ1) is 9.47. The van der Waals surface area contributed by atoms with E-state index in [4.69, 9.17) is 5.26 Å². The van der Waals surface area contributed by atoms with E-state index in [1.54, 1.807) is 11.3 Å². The summed E-state index contributed by atoms with van der Waals surface area (Å²) >= 11 is 1.57. The first-order valence-electron chi connectivity index (χ1n) is 5.97. The Morgan fingerprint density at radius 2 is 2.05 bits per heavy atom. The molecule has 104 valence electrons. The predicted molar refractivity (Wildman–Crippen MR) is 78.0 cm³/mol. The van der Waals surface area contributed by atoms with Crippen LogP contribution < -0.4 is 16.6 Å². The number of aromatic nitrogens is 2. The molecule has 0 fully saturated rings. The van der Waals surface area contributed by atoms with Crippen LogP contribution in [0.25, 0.3) is 0 Å². The van der Waals surface area contributed by atoms with Crippen LogP contribution in [-0.2, 0) is 14.1 Å². The molecule has 6 nitrogen and oxygen atoms in total. The third-order valence-electron chi connectivity index (χ3n) is 3.10. The zero-order valence-corrected chi connectivity index (χ0v) is 12.2. The Morgan fingerprint density at radius 1 is 1.35 bits per heavy atom. The third kappa shape index (κ3) is 2.26. The van der Waals surface area contributed by atoms with Gasteiger partial charge in [0.1, 0.15) is 11.9 Å². The number of anilines is 1. The quantitative estimate of drug-likeness (QED) is 0.921. The highest BCUT2D eigenvalue weighted by Crippen LogP contribution is 2.23. The van der Waals surface area contributed by atoms with Crippen LogP contribution in [0.3, 0.4) is 0 Å². The summed E-state index contributed by atoms with van der Waals surface area (Å²) in [6.07, 6.45) is 0. The summed E-state index contributed by atoms with van der Waals surface area (Å²) in [6.45, 7) is 1.91. The van der Waals surface area contributed by atoms with Gasteiger partial charge in [0.25, 0.3) is 5.56 Å². The van der Waals surface area contributed by atoms with Crippen LogP contribution in [-0.4, -0.2) is 9.13 Å². The molecule has 0 unspecified atom stereocenters. The first-order valence-corrected chi connectivity index (χ1v) is 6.85. The fourth-order valence-corrected chi connectivity index (χ4v) is 2.66. The molecule has 0 aromatic carbocycles. The van der Waals surface area contributed by atoms with Crippen molar-refractivity contribution < 1.29 is 0 Å². The highest BCUT2D eigenvalue weighted by atomic mass is 32.1. The molecule has 0 radical (unpaired) electrons. The number of thiophene rings is 1. The van der Waals surface area contributed by atoms with E-state index in [9.17, 15) is 9.59 Å². The van der Waals surface area contributed by atoms with E-state index in [1.165, 1.54) is 18.7 Å². The minimum Gasteiger partial charge on any atom is -0.363 e. The summed E-state index contributed by atoms with van der Waals surface area (Å²) in [5, 5.41) is 14.2. The van der Waals surface area contributed by atoms with Gasteiger partial charge < -0.3 is 5.32 Å². The van der Waals surface area contributed by atoms with Gasteiger partial charge in [-0.3, -0.25) is 13.9 Å². The molecule has 2 aromatic rings. The van der Waals surface area contributed by atoms with E-state index in [0.29, 0.717) is 0 Å². The maximum absolute atomic E-state index is 12.0. The molecular formula is C13H14N4O2S. The Kier molecular flexibility index (Phi) is 3.77. The topological polar surface area (TPSA) is 79.8 Å². The van der Waals surface area contributed by atoms with Gasteiger partial charge in [-0.05, 0) is 18.4 Å². The lowest BCUT2D eigenvalue weighted by atomic mass is 10.2. The Morgan fingerprint density at radius 3 is 2.60 bits per heavy atom. The normalized spacial score (nSPS) is 11.9. The molecule has 0 bridgehead atoms. The number of nitriles is 1. The van der Waals surface area contributed by atoms with Crippen LogP contribution >= 0.6 is 11.3 Å². The summed E-state index contributed by atoms with van der Waals surface area (Å²) in [7, 11) is 2.89. The third-order valence-corrected chi connectivity index (χ3v) is 4.15. The van der Waals surface area contributed by atoms with Gasteiger partial charge in [-0.1, -0.05) is 6.07 Å². The summed E-state index contributed by atoms with van der Waals surface area (Å²) in [4.78, 5) is 24.9. The van der Waals surface area contributed by atoms with Crippen molar-refractivity contribution >= 4 is 17.2 Å². The monoisotopic (exact) mass is 290 g/mol. The molecule has 2 aromatic heterocycles. The lowest BCUT2D eigenvalue weighted by Crippen LogP contribution is -2.40. The fourth-order valence-electron chi connectivity index (χ4n) is 1.93. The second kappa shape index (κ2) is 5.35. The molecular weight excluding hydrogens is 276 g/mol. The zero-order chi connectivity index (χ0) is 14.9. The Bertz CT molecular complexity index is 780. The minimum atomic E-state index is -0.587. The summed E-state index contributed by atoms with van der Waals surface area (Å²) < 4.78 is 2.21. The molecule has 1 atom stereocenters. The molecule has 1 N–H and O–H groups in total. The highest BCUT2D eigenvalue weighted by Gasteiger charge is 2.17. The predicted octanol–water partition coefficient (Wildman–Crippen LogP) is 1.19. The standard InChI is InChI=1S/C13H14N4O2S/c1-8(10-5-4-6-20-10)15-11-9(7-14)12(18)17(3)13(19)16(11)2/h4-6,8,15H,1-3H3/t8-/m0/s1. The second-order valence-electron chi connectivity index (χ2n) is 4.42. The molecule has 20 heavy (non-hydrogen) atoms. The lowest BCUT2D eigenvalue weighted by Gasteiger charge is -2.18. The van der Waals surface area contributed by atoms with Crippen molar-refractivity contribution in [1.82, 2.24) is 9.13 Å². The van der Waals surface area contributed by atoms with Gasteiger partial charge in [0.05, 0.1) is 6.04 Å². The van der Waals surface area contributed by atoms with Crippen molar-refractivity contribution in [1.29, 1.82) is 5.26 Å². The van der Waals surface area contributed by atoms with Gasteiger partial charge in [0, 0.05) is 19.0 Å². The summed E-state index contributed by atoms with van der Waals surface area (Å²) in [5.41, 5.74) is -1.11. The zero-order valence-electron chi connectivity index (χ0n) is 11.4. The van der Waals surface area contributed by atoms with Crippen molar-refractivity contribution in [3.05, 3.63) is 48.8 Å². The van der Waals surface area contributed by atoms with Gasteiger partial charge in [-0.25, -0.2) is 4.79 Å². The van der Waals surface area contributed by atoms with Gasteiger partial charge in [0.15, 0.2) is 5.56 Å². The maximum atomic E-state index is 12.0. The van der Waals surface area contributed by atoms with Crippen molar-refractivity contribution in [2.24, 2.45) is 14.1 Å². The number of hydrogen-bond acceptors (Lipinski definition) is 5. The van der Waals surface area contributed by atoms with Gasteiger partial charge >= 0.3 is 5.69 Å². The Labute approximate surface area is 119 Å². The van der Waals surface area contributed by atoms with Gasteiger partial charge in [-0.2, -0.15) is 5.26 Å². The molecule has 2 heterocycles. The first kappa shape index (κ1) is 14.1. The number of rotatable bonds is 3. The van der Waals surface area contributed by atoms with Crippen LogP contribution in [0.5, 0.6) is 0 Å². The molecule has 0 aliphatic rings. The van der Waals surface area contributed by atoms with Gasteiger partial charge in [-0.15, -0.1) is 11.3 Å². The molecule has 0 aliphatic carbocycles. The molecule has 2 rings (SSSR count). The van der Waals surface area contributed by atoms with Crippen molar-refractivity contribution in [2.75, 3.05) is 5.32 Å². The SMILES string of the molecule is C[C@H](Nc1c(C#N)c(=O)n(C)c(=O)n1C)c1cccs1. The van der Waals surface area contributed by atoms with E-state index in [0.717, 1.165) is 9.44 Å². The van der Waals surface area contributed by atoms with E-state index in [1.807, 2.05) is 30.5 Å². The maximum Gasteiger partial charge on any atom is 0.332 e. The van der Waals surface area contributed by atoms with Crippen LogP contribution in [0.1, 0.15) is 23.4 Å². The summed E-state index contributed by atoms with van der Waals surface area (Å²) in [6, 6.07) is 5.65. The lowest BCUT2D eigenvalue weighted by molar-refractivity contribution is 0.679. The van der Waals surface area contributed by atoms with Crippen molar-refractivity contribution in [3.63, 3.8) is 0 Å². The fraction of sp³-hybridized carbons (Fsp3) is 0.308. The van der Waals surface area contributed by atoms with E-state index in [-0.39, 0.29) is 17.4 Å². The number of nitrogens with one attached hydrogen (secondary N) is 1. The average Bonchev–Trinajstić information content (AvgIpc) is 2.97. The molecule has 0 saturated carbocycles. The largest absolute Gasteiger partial charge is 0.363 e. The minimum absolute atomic E-state index is 0.0574. The van der Waals surface area contributed by atoms with Gasteiger partial charge in [0.2, 0.25) is 0 Å². The number of hydrogen-bond donors (Lipinski definition) is 1. The second-order valence-corrected chi connectivity index (χ2v) is 5.40. The molecule has 7 heteroatoms. The molecule has 0 amide bonds. The van der Waals surface area contributed by atoms with E-state index < -0.39 is 11.2 Å². The van der Waals surface area contributed by atoms with Crippen LogP contribution in [0.4, 0.5) is 5.82 Å².